The summed E-state index contributed by atoms with van der Waals surface area (Å²) in [5.74, 6) is 2.78. The summed E-state index contributed by atoms with van der Waals surface area (Å²) in [6.45, 7) is 4.68. The maximum atomic E-state index is 5.19. The van der Waals surface area contributed by atoms with E-state index in [9.17, 15) is 0 Å². The molecule has 0 amide bonds. The number of halogens is 1. The molecule has 0 spiro atoms. The van der Waals surface area contributed by atoms with Crippen molar-refractivity contribution < 1.29 is 4.74 Å². The summed E-state index contributed by atoms with van der Waals surface area (Å²) in [5.41, 5.74) is 3.53. The summed E-state index contributed by atoms with van der Waals surface area (Å²) < 4.78 is 7.47. The summed E-state index contributed by atoms with van der Waals surface area (Å²) in [6, 6.07) is 16.4. The zero-order chi connectivity index (χ0) is 19.8. The van der Waals surface area contributed by atoms with E-state index in [4.69, 9.17) is 4.74 Å². The molecule has 1 heterocycles. The van der Waals surface area contributed by atoms with Gasteiger partial charge in [-0.15, -0.1) is 24.0 Å². The minimum Gasteiger partial charge on any atom is -0.497 e. The van der Waals surface area contributed by atoms with E-state index in [2.05, 4.69) is 62.4 Å². The molecular weight excluding hydrogens is 477 g/mol. The van der Waals surface area contributed by atoms with Crippen LogP contribution in [0.2, 0.25) is 0 Å². The van der Waals surface area contributed by atoms with Crippen molar-refractivity contribution in [2.45, 2.75) is 26.3 Å². The molecule has 0 aliphatic carbocycles. The highest BCUT2D eigenvalue weighted by atomic mass is 127. The van der Waals surface area contributed by atoms with Gasteiger partial charge in [0.15, 0.2) is 5.96 Å². The minimum absolute atomic E-state index is 0. The van der Waals surface area contributed by atoms with Gasteiger partial charge in [-0.1, -0.05) is 24.3 Å². The molecule has 0 fully saturated rings. The Bertz CT molecular complexity index is 921. The van der Waals surface area contributed by atoms with Crippen molar-refractivity contribution in [3.8, 4) is 5.75 Å². The van der Waals surface area contributed by atoms with Gasteiger partial charge in [-0.05, 0) is 49.6 Å². The molecule has 2 N–H and O–H groups in total. The Hall–Kier alpha value is -2.29. The molecule has 0 unspecified atom stereocenters. The molecule has 3 rings (SSSR count). The van der Waals surface area contributed by atoms with Gasteiger partial charge in [-0.25, -0.2) is 4.98 Å². The lowest BCUT2D eigenvalue weighted by Gasteiger charge is -2.13. The highest BCUT2D eigenvalue weighted by molar-refractivity contribution is 14.0. The normalized spacial score (nSPS) is 11.2. The van der Waals surface area contributed by atoms with E-state index in [1.807, 2.05) is 18.2 Å². The van der Waals surface area contributed by atoms with Crippen molar-refractivity contribution in [2.75, 3.05) is 27.2 Å². The number of para-hydroxylation sites is 2. The molecule has 0 saturated carbocycles. The topological polar surface area (TPSA) is 63.5 Å². The quantitative estimate of drug-likeness (QED) is 0.211. The van der Waals surface area contributed by atoms with Crippen molar-refractivity contribution in [2.24, 2.45) is 4.99 Å². The second kappa shape index (κ2) is 11.6. The van der Waals surface area contributed by atoms with Crippen LogP contribution >= 0.6 is 24.0 Å². The first-order valence-corrected chi connectivity index (χ1v) is 9.70. The number of nitrogens with one attached hydrogen (secondary N) is 2. The van der Waals surface area contributed by atoms with Gasteiger partial charge in [0.05, 0.1) is 18.1 Å². The standard InChI is InChI=1S/C22H29N5O.HI/c1-17-26-20-7-4-5-8-21(20)27(17)16-6-14-24-22(23-2)25-15-13-18-9-11-19(28-3)12-10-18;/h4-5,7-12H,6,13-16H2,1-3H3,(H2,23,24,25);1H. The monoisotopic (exact) mass is 507 g/mol. The van der Waals surface area contributed by atoms with Gasteiger partial charge in [0.1, 0.15) is 11.6 Å². The molecule has 0 aliphatic heterocycles. The molecule has 0 radical (unpaired) electrons. The van der Waals surface area contributed by atoms with E-state index in [1.54, 1.807) is 14.2 Å². The number of aromatic nitrogens is 2. The lowest BCUT2D eigenvalue weighted by Crippen LogP contribution is -2.39. The van der Waals surface area contributed by atoms with Crippen LogP contribution in [0, 0.1) is 6.92 Å². The first-order chi connectivity index (χ1) is 13.7. The number of rotatable bonds is 8. The third-order valence-corrected chi connectivity index (χ3v) is 4.79. The Kier molecular flexibility index (Phi) is 9.24. The third kappa shape index (κ3) is 6.35. The van der Waals surface area contributed by atoms with E-state index in [0.717, 1.165) is 55.5 Å². The summed E-state index contributed by atoms with van der Waals surface area (Å²) >= 11 is 0. The molecule has 0 atom stereocenters. The Morgan fingerprint density at radius 2 is 1.79 bits per heavy atom. The maximum absolute atomic E-state index is 5.19. The summed E-state index contributed by atoms with van der Waals surface area (Å²) in [6.07, 6.45) is 1.94. The average molecular weight is 507 g/mol. The van der Waals surface area contributed by atoms with Gasteiger partial charge >= 0.3 is 0 Å². The number of aryl methyl sites for hydroxylation is 2. The predicted octanol–water partition coefficient (Wildman–Crippen LogP) is 3.77. The van der Waals surface area contributed by atoms with Crippen LogP contribution in [0.5, 0.6) is 5.75 Å². The third-order valence-electron chi connectivity index (χ3n) is 4.79. The van der Waals surface area contributed by atoms with Crippen molar-refractivity contribution in [1.29, 1.82) is 0 Å². The van der Waals surface area contributed by atoms with Gasteiger partial charge in [0.2, 0.25) is 0 Å². The fourth-order valence-corrected chi connectivity index (χ4v) is 3.26. The number of benzene rings is 2. The number of fused-ring (bicyclic) bond motifs is 1. The molecular formula is C22H30IN5O. The zero-order valence-electron chi connectivity index (χ0n) is 17.3. The average Bonchev–Trinajstić information content (AvgIpc) is 3.05. The number of ether oxygens (including phenoxy) is 1. The molecule has 3 aromatic rings. The lowest BCUT2D eigenvalue weighted by molar-refractivity contribution is 0.414. The van der Waals surface area contributed by atoms with Crippen molar-refractivity contribution >= 4 is 41.0 Å². The highest BCUT2D eigenvalue weighted by Gasteiger charge is 2.06. The van der Waals surface area contributed by atoms with Crippen LogP contribution in [0.3, 0.4) is 0 Å². The van der Waals surface area contributed by atoms with Crippen LogP contribution < -0.4 is 15.4 Å². The number of guanidine groups is 1. The number of nitrogens with zero attached hydrogens (tertiary/aromatic N) is 3. The van der Waals surface area contributed by atoms with E-state index in [1.165, 1.54) is 11.1 Å². The van der Waals surface area contributed by atoms with Gasteiger partial charge in [0, 0.05) is 26.7 Å². The maximum Gasteiger partial charge on any atom is 0.190 e. The molecule has 7 heteroatoms. The van der Waals surface area contributed by atoms with E-state index in [0.29, 0.717) is 0 Å². The fraction of sp³-hybridized carbons (Fsp3) is 0.364. The summed E-state index contributed by atoms with van der Waals surface area (Å²) in [5, 5.41) is 6.76. The van der Waals surface area contributed by atoms with Crippen molar-refractivity contribution in [1.82, 2.24) is 20.2 Å². The van der Waals surface area contributed by atoms with Crippen molar-refractivity contribution in [3.05, 3.63) is 59.9 Å². The minimum atomic E-state index is 0. The first-order valence-electron chi connectivity index (χ1n) is 9.70. The summed E-state index contributed by atoms with van der Waals surface area (Å²) in [7, 11) is 3.49. The molecule has 2 aromatic carbocycles. The van der Waals surface area contributed by atoms with E-state index in [-0.39, 0.29) is 24.0 Å². The van der Waals surface area contributed by atoms with Gasteiger partial charge in [-0.3, -0.25) is 4.99 Å². The molecule has 29 heavy (non-hydrogen) atoms. The molecule has 0 aliphatic rings. The van der Waals surface area contributed by atoms with Crippen LogP contribution in [0.25, 0.3) is 11.0 Å². The Morgan fingerprint density at radius 3 is 2.52 bits per heavy atom. The number of methoxy groups -OCH3 is 1. The van der Waals surface area contributed by atoms with Gasteiger partial charge < -0.3 is 19.9 Å². The van der Waals surface area contributed by atoms with Crippen LogP contribution in [0.1, 0.15) is 17.8 Å². The van der Waals surface area contributed by atoms with Crippen LogP contribution in [0.15, 0.2) is 53.5 Å². The number of imidazole rings is 1. The van der Waals surface area contributed by atoms with Crippen LogP contribution in [-0.2, 0) is 13.0 Å². The molecule has 1 aromatic heterocycles. The molecule has 0 saturated heterocycles. The highest BCUT2D eigenvalue weighted by Crippen LogP contribution is 2.15. The van der Waals surface area contributed by atoms with Crippen LogP contribution in [-0.4, -0.2) is 42.8 Å². The Balaban J connectivity index is 0.00000300. The zero-order valence-corrected chi connectivity index (χ0v) is 19.6. The molecule has 0 bridgehead atoms. The smallest absolute Gasteiger partial charge is 0.190 e. The van der Waals surface area contributed by atoms with E-state index >= 15 is 0 Å². The number of hydrogen-bond donors (Lipinski definition) is 2. The lowest BCUT2D eigenvalue weighted by atomic mass is 10.1. The number of hydrogen-bond acceptors (Lipinski definition) is 3. The first kappa shape index (κ1) is 23.0. The van der Waals surface area contributed by atoms with Crippen LogP contribution in [0.4, 0.5) is 0 Å². The number of aliphatic imine (C=N–C) groups is 1. The predicted molar refractivity (Wildman–Crippen MR) is 131 cm³/mol. The Labute approximate surface area is 189 Å². The fourth-order valence-electron chi connectivity index (χ4n) is 3.26. The van der Waals surface area contributed by atoms with E-state index < -0.39 is 0 Å². The Morgan fingerprint density at radius 1 is 1.07 bits per heavy atom. The van der Waals surface area contributed by atoms with Gasteiger partial charge in [0.25, 0.3) is 0 Å². The molecule has 6 nitrogen and oxygen atoms in total. The largest absolute Gasteiger partial charge is 0.497 e. The summed E-state index contributed by atoms with van der Waals surface area (Å²) in [4.78, 5) is 8.93. The SMILES string of the molecule is CN=C(NCCCn1c(C)nc2ccccc21)NCCc1ccc(OC)cc1.I. The van der Waals surface area contributed by atoms with Gasteiger partial charge in [-0.2, -0.15) is 0 Å². The second-order valence-electron chi connectivity index (χ2n) is 6.68. The van der Waals surface area contributed by atoms with Crippen molar-refractivity contribution in [3.63, 3.8) is 0 Å². The molecule has 156 valence electrons. The second-order valence-corrected chi connectivity index (χ2v) is 6.68.